The molecule has 6 nitrogen and oxygen atoms in total. The molecule has 1 aliphatic carbocycles. The summed E-state index contributed by atoms with van der Waals surface area (Å²) in [6, 6.07) is 4.00. The molecule has 2 heterocycles. The number of halogens is 1. The number of nitrogens with zero attached hydrogens (tertiary/aromatic N) is 3. The van der Waals surface area contributed by atoms with Gasteiger partial charge in [0.2, 0.25) is 0 Å². The number of carboxylic acid groups (broad SMARTS) is 1. The zero-order chi connectivity index (χ0) is 18.4. The van der Waals surface area contributed by atoms with Crippen molar-refractivity contribution in [3.63, 3.8) is 0 Å². The molecule has 2 aromatic rings. The van der Waals surface area contributed by atoms with Gasteiger partial charge in [0.05, 0.1) is 0 Å². The molecule has 1 fully saturated rings. The number of carboxylic acids is 1. The van der Waals surface area contributed by atoms with Gasteiger partial charge in [0.15, 0.2) is 5.69 Å². The first kappa shape index (κ1) is 16.8. The number of benzene rings is 1. The molecule has 1 amide bonds. The van der Waals surface area contributed by atoms with E-state index in [0.29, 0.717) is 31.5 Å². The Morgan fingerprint density at radius 2 is 2.08 bits per heavy atom. The summed E-state index contributed by atoms with van der Waals surface area (Å²) in [7, 11) is 0. The minimum absolute atomic E-state index is 0.270. The lowest BCUT2D eigenvalue weighted by Gasteiger charge is -2.20. The van der Waals surface area contributed by atoms with E-state index in [9.17, 15) is 19.1 Å². The Labute approximate surface area is 150 Å². The Morgan fingerprint density at radius 1 is 1.27 bits per heavy atom. The molecular weight excluding hydrogens is 337 g/mol. The van der Waals surface area contributed by atoms with Crippen molar-refractivity contribution in [1.29, 1.82) is 0 Å². The van der Waals surface area contributed by atoms with Crippen LogP contribution in [0.4, 0.5) is 4.39 Å². The van der Waals surface area contributed by atoms with Crippen LogP contribution < -0.4 is 0 Å². The molecule has 1 N–H and O–H groups in total. The van der Waals surface area contributed by atoms with Gasteiger partial charge in [-0.05, 0) is 56.7 Å². The predicted octanol–water partition coefficient (Wildman–Crippen LogP) is 2.50. The first-order chi connectivity index (χ1) is 12.5. The second-order valence-corrected chi connectivity index (χ2v) is 6.99. The minimum atomic E-state index is -0.989. The van der Waals surface area contributed by atoms with Gasteiger partial charge in [-0.3, -0.25) is 4.79 Å². The zero-order valence-corrected chi connectivity index (χ0v) is 14.5. The van der Waals surface area contributed by atoms with Crippen molar-refractivity contribution in [3.05, 3.63) is 46.5 Å². The molecule has 0 spiro atoms. The summed E-state index contributed by atoms with van der Waals surface area (Å²) < 4.78 is 15.9. The summed E-state index contributed by atoms with van der Waals surface area (Å²) in [6.45, 7) is 2.29. The molecule has 0 bridgehead atoms. The van der Waals surface area contributed by atoms with Crippen LogP contribution in [0, 0.1) is 12.7 Å². The van der Waals surface area contributed by atoms with Crippen molar-refractivity contribution >= 4 is 11.9 Å². The van der Waals surface area contributed by atoms with E-state index in [-0.39, 0.29) is 11.6 Å². The summed E-state index contributed by atoms with van der Waals surface area (Å²) in [6.07, 6.45) is 3.43. The largest absolute Gasteiger partial charge is 0.480 e. The average molecular weight is 357 g/mol. The second kappa shape index (κ2) is 6.23. The highest BCUT2D eigenvalue weighted by Crippen LogP contribution is 2.31. The van der Waals surface area contributed by atoms with Gasteiger partial charge in [-0.1, -0.05) is 6.07 Å². The molecule has 0 saturated carbocycles. The zero-order valence-electron chi connectivity index (χ0n) is 14.5. The van der Waals surface area contributed by atoms with E-state index in [0.717, 1.165) is 29.7 Å². The number of rotatable bonds is 3. The van der Waals surface area contributed by atoms with E-state index in [1.54, 1.807) is 12.1 Å². The van der Waals surface area contributed by atoms with Crippen molar-refractivity contribution in [2.45, 2.75) is 45.1 Å². The lowest BCUT2D eigenvalue weighted by atomic mass is 10.1. The highest BCUT2D eigenvalue weighted by molar-refractivity contribution is 5.97. The maximum atomic E-state index is 14.4. The first-order valence-electron chi connectivity index (χ1n) is 8.88. The Kier molecular flexibility index (Phi) is 4.01. The van der Waals surface area contributed by atoms with Crippen LogP contribution in [0.15, 0.2) is 18.2 Å². The molecule has 7 heteroatoms. The maximum absolute atomic E-state index is 14.4. The monoisotopic (exact) mass is 357 g/mol. The number of hydrogen-bond donors (Lipinski definition) is 1. The average Bonchev–Trinajstić information content (AvgIpc) is 3.32. The SMILES string of the molecule is Cc1ccc(F)c(-n2nc(C(=O)N3CCC[C@H]3C(=O)O)c3c2CCC3)c1. The third kappa shape index (κ3) is 2.58. The Morgan fingerprint density at radius 3 is 2.85 bits per heavy atom. The third-order valence-corrected chi connectivity index (χ3v) is 5.26. The number of aromatic nitrogens is 2. The van der Waals surface area contributed by atoms with Crippen LogP contribution in [0.1, 0.15) is 46.6 Å². The quantitative estimate of drug-likeness (QED) is 0.916. The summed E-state index contributed by atoms with van der Waals surface area (Å²) in [5, 5.41) is 13.8. The molecule has 1 aromatic carbocycles. The van der Waals surface area contributed by atoms with Gasteiger partial charge in [0.25, 0.3) is 5.91 Å². The minimum Gasteiger partial charge on any atom is -0.480 e. The molecular formula is C19H20FN3O3. The molecule has 4 rings (SSSR count). The summed E-state index contributed by atoms with van der Waals surface area (Å²) >= 11 is 0. The van der Waals surface area contributed by atoms with Gasteiger partial charge in [0.1, 0.15) is 17.5 Å². The van der Waals surface area contributed by atoms with E-state index < -0.39 is 17.8 Å². The lowest BCUT2D eigenvalue weighted by molar-refractivity contribution is -0.141. The molecule has 1 aromatic heterocycles. The van der Waals surface area contributed by atoms with Crippen LogP contribution in [0.25, 0.3) is 5.69 Å². The fraction of sp³-hybridized carbons (Fsp3) is 0.421. The molecule has 1 aliphatic heterocycles. The van der Waals surface area contributed by atoms with E-state index in [1.165, 1.54) is 15.6 Å². The molecule has 26 heavy (non-hydrogen) atoms. The molecule has 2 aliphatic rings. The molecule has 1 saturated heterocycles. The van der Waals surface area contributed by atoms with Crippen LogP contribution in [-0.4, -0.2) is 44.3 Å². The van der Waals surface area contributed by atoms with Crippen molar-refractivity contribution in [2.75, 3.05) is 6.54 Å². The van der Waals surface area contributed by atoms with Gasteiger partial charge < -0.3 is 10.0 Å². The highest BCUT2D eigenvalue weighted by Gasteiger charge is 2.38. The van der Waals surface area contributed by atoms with Crippen LogP contribution in [0.5, 0.6) is 0 Å². The fourth-order valence-electron chi connectivity index (χ4n) is 4.00. The number of aliphatic carboxylic acids is 1. The summed E-state index contributed by atoms with van der Waals surface area (Å²) in [4.78, 5) is 25.8. The molecule has 0 radical (unpaired) electrons. The normalized spacial score (nSPS) is 19.0. The Hall–Kier alpha value is -2.70. The number of likely N-dealkylation sites (tertiary alicyclic amines) is 1. The number of carbonyl (C=O) groups is 2. The Balaban J connectivity index is 1.78. The number of amides is 1. The van der Waals surface area contributed by atoms with E-state index in [4.69, 9.17) is 0 Å². The van der Waals surface area contributed by atoms with E-state index in [1.807, 2.05) is 6.92 Å². The van der Waals surface area contributed by atoms with Crippen LogP contribution in [0.3, 0.4) is 0 Å². The van der Waals surface area contributed by atoms with E-state index in [2.05, 4.69) is 5.10 Å². The van der Waals surface area contributed by atoms with Crippen molar-refractivity contribution in [1.82, 2.24) is 14.7 Å². The van der Waals surface area contributed by atoms with Gasteiger partial charge in [-0.25, -0.2) is 13.9 Å². The van der Waals surface area contributed by atoms with Crippen molar-refractivity contribution < 1.29 is 19.1 Å². The van der Waals surface area contributed by atoms with Crippen molar-refractivity contribution in [2.24, 2.45) is 0 Å². The maximum Gasteiger partial charge on any atom is 0.326 e. The third-order valence-electron chi connectivity index (χ3n) is 5.26. The summed E-state index contributed by atoms with van der Waals surface area (Å²) in [5.74, 6) is -1.74. The smallest absolute Gasteiger partial charge is 0.326 e. The van der Waals surface area contributed by atoms with Crippen LogP contribution in [-0.2, 0) is 17.6 Å². The standard InChI is InChI=1S/C19H20FN3O3/c1-11-7-8-13(20)16(10-11)23-14-5-2-4-12(14)17(21-23)18(24)22-9-3-6-15(22)19(25)26/h7-8,10,15H,2-6,9H2,1H3,(H,25,26)/t15-/m0/s1. The predicted molar refractivity (Wildman–Crippen MR) is 92.0 cm³/mol. The number of hydrogen-bond acceptors (Lipinski definition) is 3. The van der Waals surface area contributed by atoms with Crippen LogP contribution in [0.2, 0.25) is 0 Å². The molecule has 0 unspecified atom stereocenters. The van der Waals surface area contributed by atoms with E-state index >= 15 is 0 Å². The molecule has 1 atom stereocenters. The van der Waals surface area contributed by atoms with Crippen LogP contribution >= 0.6 is 0 Å². The topological polar surface area (TPSA) is 75.4 Å². The molecule has 136 valence electrons. The van der Waals surface area contributed by atoms with Gasteiger partial charge >= 0.3 is 5.97 Å². The van der Waals surface area contributed by atoms with Gasteiger partial charge in [-0.15, -0.1) is 0 Å². The number of carbonyl (C=O) groups excluding carboxylic acids is 1. The highest BCUT2D eigenvalue weighted by atomic mass is 19.1. The number of fused-ring (bicyclic) bond motifs is 1. The van der Waals surface area contributed by atoms with Gasteiger partial charge in [-0.2, -0.15) is 5.10 Å². The van der Waals surface area contributed by atoms with Gasteiger partial charge in [0, 0.05) is 17.8 Å². The second-order valence-electron chi connectivity index (χ2n) is 6.99. The first-order valence-corrected chi connectivity index (χ1v) is 8.88. The summed E-state index contributed by atoms with van der Waals surface area (Å²) in [5.41, 5.74) is 3.18. The van der Waals surface area contributed by atoms with Crippen molar-refractivity contribution in [3.8, 4) is 5.69 Å². The fourth-order valence-corrected chi connectivity index (χ4v) is 4.00. The number of aryl methyl sites for hydroxylation is 1. The lowest BCUT2D eigenvalue weighted by Crippen LogP contribution is -2.40. The Bertz CT molecular complexity index is 906.